The molecule has 2 rings (SSSR count). The Morgan fingerprint density at radius 2 is 2.12 bits per heavy atom. The Morgan fingerprint density at radius 1 is 1.41 bits per heavy atom. The van der Waals surface area contributed by atoms with E-state index in [0.29, 0.717) is 6.42 Å². The van der Waals surface area contributed by atoms with Crippen molar-refractivity contribution in [1.82, 2.24) is 15.0 Å². The molecular weight excluding hydrogens is 218 g/mol. The number of nitrogens with zero attached hydrogens (tertiary/aromatic N) is 3. The normalized spacial score (nSPS) is 12.3. The van der Waals surface area contributed by atoms with E-state index in [4.69, 9.17) is 5.11 Å². The molecule has 2 aromatic rings. The van der Waals surface area contributed by atoms with Gasteiger partial charge < -0.3 is 5.11 Å². The number of carboxylic acids is 1. The summed E-state index contributed by atoms with van der Waals surface area (Å²) in [5.74, 6) is -1.26. The lowest BCUT2D eigenvalue weighted by Crippen LogP contribution is -2.14. The zero-order valence-corrected chi connectivity index (χ0v) is 9.45. The van der Waals surface area contributed by atoms with Crippen LogP contribution in [0.15, 0.2) is 36.5 Å². The summed E-state index contributed by atoms with van der Waals surface area (Å²) < 4.78 is 1.67. The summed E-state index contributed by atoms with van der Waals surface area (Å²) >= 11 is 0. The highest BCUT2D eigenvalue weighted by molar-refractivity contribution is 5.69. The van der Waals surface area contributed by atoms with Gasteiger partial charge in [-0.1, -0.05) is 30.3 Å². The Bertz CT molecular complexity index is 507. The fourth-order valence-corrected chi connectivity index (χ4v) is 1.58. The first-order valence-electron chi connectivity index (χ1n) is 5.36. The van der Waals surface area contributed by atoms with Crippen molar-refractivity contribution >= 4 is 5.97 Å². The molecule has 0 aliphatic rings. The number of benzene rings is 1. The van der Waals surface area contributed by atoms with E-state index in [-0.39, 0.29) is 0 Å². The summed E-state index contributed by atoms with van der Waals surface area (Å²) in [6.07, 6.45) is 2.02. The van der Waals surface area contributed by atoms with Crippen LogP contribution >= 0.6 is 0 Å². The highest BCUT2D eigenvalue weighted by atomic mass is 16.4. The van der Waals surface area contributed by atoms with E-state index in [9.17, 15) is 4.79 Å². The van der Waals surface area contributed by atoms with Gasteiger partial charge in [0.05, 0.1) is 23.5 Å². The van der Waals surface area contributed by atoms with Gasteiger partial charge in [-0.2, -0.15) is 0 Å². The molecule has 0 amide bonds. The molecule has 0 saturated carbocycles. The van der Waals surface area contributed by atoms with Crippen molar-refractivity contribution in [2.45, 2.75) is 13.3 Å². The Balaban J connectivity index is 2.26. The van der Waals surface area contributed by atoms with Crippen LogP contribution in [-0.2, 0) is 11.2 Å². The number of carbonyl (C=O) groups is 1. The van der Waals surface area contributed by atoms with Gasteiger partial charge in [-0.3, -0.25) is 4.79 Å². The van der Waals surface area contributed by atoms with Crippen LogP contribution in [0.1, 0.15) is 12.6 Å². The average molecular weight is 231 g/mol. The first kappa shape index (κ1) is 11.3. The smallest absolute Gasteiger partial charge is 0.306 e. The lowest BCUT2D eigenvalue weighted by Gasteiger charge is -2.08. The fraction of sp³-hybridized carbons (Fsp3) is 0.250. The van der Waals surface area contributed by atoms with Gasteiger partial charge in [0.1, 0.15) is 0 Å². The van der Waals surface area contributed by atoms with Gasteiger partial charge >= 0.3 is 5.97 Å². The summed E-state index contributed by atoms with van der Waals surface area (Å²) in [6, 6.07) is 9.54. The molecule has 5 heteroatoms. The maximum atomic E-state index is 10.8. The van der Waals surface area contributed by atoms with Crippen LogP contribution in [0.5, 0.6) is 0 Å². The van der Waals surface area contributed by atoms with E-state index >= 15 is 0 Å². The lowest BCUT2D eigenvalue weighted by atomic mass is 10.1. The molecular formula is C12H13N3O2. The highest BCUT2D eigenvalue weighted by Crippen LogP contribution is 2.12. The number of aliphatic carboxylic acids is 1. The minimum absolute atomic E-state index is 0.414. The topological polar surface area (TPSA) is 68.0 Å². The van der Waals surface area contributed by atoms with Crippen LogP contribution in [0, 0.1) is 5.92 Å². The fourth-order valence-electron chi connectivity index (χ4n) is 1.58. The molecule has 0 fully saturated rings. The highest BCUT2D eigenvalue weighted by Gasteiger charge is 2.15. The van der Waals surface area contributed by atoms with Crippen molar-refractivity contribution in [3.63, 3.8) is 0 Å². The molecule has 1 aromatic heterocycles. The van der Waals surface area contributed by atoms with Gasteiger partial charge in [0.2, 0.25) is 0 Å². The van der Waals surface area contributed by atoms with Crippen LogP contribution < -0.4 is 0 Å². The largest absolute Gasteiger partial charge is 0.481 e. The number of hydrogen-bond acceptors (Lipinski definition) is 3. The van der Waals surface area contributed by atoms with Crippen molar-refractivity contribution in [3.8, 4) is 5.69 Å². The molecule has 0 aliphatic heterocycles. The van der Waals surface area contributed by atoms with Crippen LogP contribution in [0.25, 0.3) is 5.69 Å². The lowest BCUT2D eigenvalue weighted by molar-refractivity contribution is -0.141. The van der Waals surface area contributed by atoms with Gasteiger partial charge in [0, 0.05) is 6.42 Å². The quantitative estimate of drug-likeness (QED) is 0.866. The minimum atomic E-state index is -0.814. The first-order valence-corrected chi connectivity index (χ1v) is 5.36. The van der Waals surface area contributed by atoms with Gasteiger partial charge in [0.25, 0.3) is 0 Å². The van der Waals surface area contributed by atoms with Crippen molar-refractivity contribution in [3.05, 3.63) is 42.2 Å². The van der Waals surface area contributed by atoms with Gasteiger partial charge in [-0.25, -0.2) is 4.68 Å². The number of para-hydroxylation sites is 1. The van der Waals surface area contributed by atoms with Gasteiger partial charge in [0.15, 0.2) is 0 Å². The monoisotopic (exact) mass is 231 g/mol. The zero-order chi connectivity index (χ0) is 12.3. The van der Waals surface area contributed by atoms with Gasteiger partial charge in [-0.05, 0) is 12.1 Å². The molecule has 1 heterocycles. The summed E-state index contributed by atoms with van der Waals surface area (Å²) in [7, 11) is 0. The molecule has 17 heavy (non-hydrogen) atoms. The van der Waals surface area contributed by atoms with Crippen LogP contribution in [0.2, 0.25) is 0 Å². The van der Waals surface area contributed by atoms with Crippen LogP contribution in [-0.4, -0.2) is 26.1 Å². The Kier molecular flexibility index (Phi) is 3.18. The van der Waals surface area contributed by atoms with E-state index in [1.807, 2.05) is 30.3 Å². The van der Waals surface area contributed by atoms with Crippen molar-refractivity contribution in [1.29, 1.82) is 0 Å². The first-order chi connectivity index (χ1) is 8.18. The number of hydrogen-bond donors (Lipinski definition) is 1. The molecule has 0 bridgehead atoms. The second kappa shape index (κ2) is 4.78. The molecule has 0 aliphatic carbocycles. The third kappa shape index (κ3) is 2.50. The second-order valence-corrected chi connectivity index (χ2v) is 3.92. The third-order valence-electron chi connectivity index (χ3n) is 2.56. The predicted molar refractivity (Wildman–Crippen MR) is 61.9 cm³/mol. The van der Waals surface area contributed by atoms with Crippen molar-refractivity contribution in [2.75, 3.05) is 0 Å². The van der Waals surface area contributed by atoms with E-state index in [1.54, 1.807) is 17.8 Å². The maximum absolute atomic E-state index is 10.8. The number of rotatable bonds is 4. The SMILES string of the molecule is CC(Cc1cnnn1-c1ccccc1)C(=O)O. The Hall–Kier alpha value is -2.17. The Morgan fingerprint density at radius 3 is 2.76 bits per heavy atom. The molecule has 88 valence electrons. The van der Waals surface area contributed by atoms with Crippen LogP contribution in [0.4, 0.5) is 0 Å². The minimum Gasteiger partial charge on any atom is -0.481 e. The van der Waals surface area contributed by atoms with Crippen molar-refractivity contribution < 1.29 is 9.90 Å². The summed E-state index contributed by atoms with van der Waals surface area (Å²) in [5.41, 5.74) is 1.68. The van der Waals surface area contributed by atoms with Gasteiger partial charge in [-0.15, -0.1) is 5.10 Å². The summed E-state index contributed by atoms with van der Waals surface area (Å²) in [5, 5.41) is 16.7. The van der Waals surface area contributed by atoms with E-state index in [0.717, 1.165) is 11.4 Å². The second-order valence-electron chi connectivity index (χ2n) is 3.92. The molecule has 1 atom stereocenters. The average Bonchev–Trinajstić information content (AvgIpc) is 2.78. The van der Waals surface area contributed by atoms with E-state index in [2.05, 4.69) is 10.3 Å². The molecule has 0 spiro atoms. The molecule has 1 aromatic carbocycles. The summed E-state index contributed by atoms with van der Waals surface area (Å²) in [6.45, 7) is 1.67. The van der Waals surface area contributed by atoms with E-state index < -0.39 is 11.9 Å². The molecule has 1 N–H and O–H groups in total. The standard InChI is InChI=1S/C12H13N3O2/c1-9(12(16)17)7-11-8-13-14-15(11)10-5-3-2-4-6-10/h2-6,8-9H,7H2,1H3,(H,16,17). The number of carboxylic acid groups (broad SMARTS) is 1. The zero-order valence-electron chi connectivity index (χ0n) is 9.45. The maximum Gasteiger partial charge on any atom is 0.306 e. The predicted octanol–water partition coefficient (Wildman–Crippen LogP) is 1.53. The van der Waals surface area contributed by atoms with Crippen molar-refractivity contribution in [2.24, 2.45) is 5.92 Å². The van der Waals surface area contributed by atoms with Crippen LogP contribution in [0.3, 0.4) is 0 Å². The number of aromatic nitrogens is 3. The summed E-state index contributed by atoms with van der Waals surface area (Å²) in [4.78, 5) is 10.8. The molecule has 0 saturated heterocycles. The molecule has 5 nitrogen and oxygen atoms in total. The molecule has 1 unspecified atom stereocenters. The van der Waals surface area contributed by atoms with E-state index in [1.165, 1.54) is 0 Å². The third-order valence-corrected chi connectivity index (χ3v) is 2.56. The Labute approximate surface area is 98.7 Å². The molecule has 0 radical (unpaired) electrons.